The predicted molar refractivity (Wildman–Crippen MR) is 69.9 cm³/mol. The summed E-state index contributed by atoms with van der Waals surface area (Å²) >= 11 is 0. The van der Waals surface area contributed by atoms with Crippen LogP contribution in [-0.2, 0) is 6.42 Å². The first kappa shape index (κ1) is 11.2. The molecule has 0 saturated carbocycles. The number of aryl methyl sites for hydroxylation is 1. The van der Waals surface area contributed by atoms with Crippen LogP contribution in [0.25, 0.3) is 10.9 Å². The van der Waals surface area contributed by atoms with Crippen molar-refractivity contribution in [3.8, 4) is 0 Å². The van der Waals surface area contributed by atoms with E-state index in [9.17, 15) is 0 Å². The molecule has 0 fully saturated rings. The molecule has 0 bridgehead atoms. The SMILES string of the molecule is Cc1ccc2c(CCNC(C)C)c[nH]c2c1. The van der Waals surface area contributed by atoms with Crippen LogP contribution in [0.3, 0.4) is 0 Å². The minimum atomic E-state index is 0.562. The zero-order chi connectivity index (χ0) is 11.5. The number of nitrogens with one attached hydrogen (secondary N) is 2. The van der Waals surface area contributed by atoms with Gasteiger partial charge in [0.2, 0.25) is 0 Å². The van der Waals surface area contributed by atoms with Crippen molar-refractivity contribution in [2.75, 3.05) is 6.54 Å². The number of benzene rings is 1. The molecule has 0 amide bonds. The lowest BCUT2D eigenvalue weighted by atomic mass is 10.1. The lowest BCUT2D eigenvalue weighted by Gasteiger charge is -2.06. The van der Waals surface area contributed by atoms with Crippen LogP contribution >= 0.6 is 0 Å². The van der Waals surface area contributed by atoms with Gasteiger partial charge in [-0.3, -0.25) is 0 Å². The molecular weight excluding hydrogens is 196 g/mol. The van der Waals surface area contributed by atoms with Gasteiger partial charge in [-0.25, -0.2) is 0 Å². The Kier molecular flexibility index (Phi) is 3.30. The van der Waals surface area contributed by atoms with Crippen molar-refractivity contribution in [1.29, 1.82) is 0 Å². The average Bonchev–Trinajstić information content (AvgIpc) is 2.60. The van der Waals surface area contributed by atoms with Crippen molar-refractivity contribution in [3.63, 3.8) is 0 Å². The molecule has 1 aromatic heterocycles. The maximum absolute atomic E-state index is 3.45. The molecule has 2 rings (SSSR count). The van der Waals surface area contributed by atoms with Gasteiger partial charge in [-0.1, -0.05) is 26.0 Å². The number of hydrogen-bond acceptors (Lipinski definition) is 1. The van der Waals surface area contributed by atoms with E-state index in [1.165, 1.54) is 22.0 Å². The Labute approximate surface area is 97.1 Å². The molecule has 1 aromatic carbocycles. The van der Waals surface area contributed by atoms with Crippen molar-refractivity contribution < 1.29 is 0 Å². The monoisotopic (exact) mass is 216 g/mol. The highest BCUT2D eigenvalue weighted by molar-refractivity contribution is 5.83. The fourth-order valence-electron chi connectivity index (χ4n) is 2.00. The molecule has 16 heavy (non-hydrogen) atoms. The van der Waals surface area contributed by atoms with Gasteiger partial charge in [-0.2, -0.15) is 0 Å². The number of hydrogen-bond donors (Lipinski definition) is 2. The molecule has 2 N–H and O–H groups in total. The fourth-order valence-corrected chi connectivity index (χ4v) is 2.00. The third-order valence-corrected chi connectivity index (χ3v) is 2.87. The van der Waals surface area contributed by atoms with Crippen molar-refractivity contribution in [3.05, 3.63) is 35.5 Å². The first-order valence-electron chi connectivity index (χ1n) is 5.97. The van der Waals surface area contributed by atoms with Crippen molar-refractivity contribution in [2.24, 2.45) is 0 Å². The molecule has 0 radical (unpaired) electrons. The van der Waals surface area contributed by atoms with Crippen LogP contribution < -0.4 is 5.32 Å². The molecule has 1 heterocycles. The molecule has 2 heteroatoms. The van der Waals surface area contributed by atoms with E-state index in [0.29, 0.717) is 6.04 Å². The molecule has 2 nitrogen and oxygen atoms in total. The van der Waals surface area contributed by atoms with Gasteiger partial charge in [0.15, 0.2) is 0 Å². The molecule has 0 aliphatic rings. The van der Waals surface area contributed by atoms with Gasteiger partial charge >= 0.3 is 0 Å². The van der Waals surface area contributed by atoms with E-state index >= 15 is 0 Å². The van der Waals surface area contributed by atoms with Gasteiger partial charge in [-0.15, -0.1) is 0 Å². The molecule has 0 spiro atoms. The van der Waals surface area contributed by atoms with Crippen molar-refractivity contribution in [2.45, 2.75) is 33.2 Å². The van der Waals surface area contributed by atoms with Gasteiger partial charge in [-0.05, 0) is 37.1 Å². The molecule has 0 saturated heterocycles. The van der Waals surface area contributed by atoms with Crippen LogP contribution in [-0.4, -0.2) is 17.6 Å². The van der Waals surface area contributed by atoms with E-state index in [2.05, 4.69) is 55.5 Å². The Morgan fingerprint density at radius 3 is 2.88 bits per heavy atom. The van der Waals surface area contributed by atoms with Crippen LogP contribution in [0.5, 0.6) is 0 Å². The lowest BCUT2D eigenvalue weighted by Crippen LogP contribution is -2.24. The summed E-state index contributed by atoms with van der Waals surface area (Å²) in [5.74, 6) is 0. The summed E-state index contributed by atoms with van der Waals surface area (Å²) < 4.78 is 0. The minimum absolute atomic E-state index is 0.562. The van der Waals surface area contributed by atoms with Gasteiger partial charge < -0.3 is 10.3 Å². The third kappa shape index (κ3) is 2.45. The largest absolute Gasteiger partial charge is 0.361 e. The summed E-state index contributed by atoms with van der Waals surface area (Å²) in [7, 11) is 0. The number of aromatic amines is 1. The Morgan fingerprint density at radius 2 is 2.12 bits per heavy atom. The Hall–Kier alpha value is -1.28. The van der Waals surface area contributed by atoms with E-state index in [-0.39, 0.29) is 0 Å². The molecule has 2 aromatic rings. The van der Waals surface area contributed by atoms with E-state index in [1.807, 2.05) is 0 Å². The smallest absolute Gasteiger partial charge is 0.0459 e. The van der Waals surface area contributed by atoms with Gasteiger partial charge in [0, 0.05) is 23.1 Å². The molecule has 0 aliphatic carbocycles. The number of H-pyrrole nitrogens is 1. The highest BCUT2D eigenvalue weighted by Crippen LogP contribution is 2.19. The first-order chi connectivity index (χ1) is 7.66. The maximum atomic E-state index is 3.45. The van der Waals surface area contributed by atoms with Gasteiger partial charge in [0.25, 0.3) is 0 Å². The molecule has 86 valence electrons. The van der Waals surface area contributed by atoms with Crippen LogP contribution in [0.2, 0.25) is 0 Å². The summed E-state index contributed by atoms with van der Waals surface area (Å²) in [6.07, 6.45) is 3.22. The molecular formula is C14H20N2. The van der Waals surface area contributed by atoms with E-state index in [0.717, 1.165) is 13.0 Å². The predicted octanol–water partition coefficient (Wildman–Crippen LogP) is 3.02. The topological polar surface area (TPSA) is 27.8 Å². The Bertz CT molecular complexity index is 469. The highest BCUT2D eigenvalue weighted by Gasteiger charge is 2.03. The molecule has 0 atom stereocenters. The van der Waals surface area contributed by atoms with Gasteiger partial charge in [0.1, 0.15) is 0 Å². The third-order valence-electron chi connectivity index (χ3n) is 2.87. The minimum Gasteiger partial charge on any atom is -0.361 e. The zero-order valence-electron chi connectivity index (χ0n) is 10.3. The summed E-state index contributed by atoms with van der Waals surface area (Å²) in [5, 5.41) is 4.80. The van der Waals surface area contributed by atoms with E-state index < -0.39 is 0 Å². The lowest BCUT2D eigenvalue weighted by molar-refractivity contribution is 0.591. The average molecular weight is 216 g/mol. The van der Waals surface area contributed by atoms with Crippen LogP contribution in [0.1, 0.15) is 25.0 Å². The summed E-state index contributed by atoms with van der Waals surface area (Å²) in [4.78, 5) is 3.34. The maximum Gasteiger partial charge on any atom is 0.0459 e. The van der Waals surface area contributed by atoms with Gasteiger partial charge in [0.05, 0.1) is 0 Å². The summed E-state index contributed by atoms with van der Waals surface area (Å²) in [5.41, 5.74) is 3.96. The molecule has 0 aliphatic heterocycles. The van der Waals surface area contributed by atoms with E-state index in [4.69, 9.17) is 0 Å². The Morgan fingerprint density at radius 1 is 1.31 bits per heavy atom. The highest BCUT2D eigenvalue weighted by atomic mass is 14.9. The second-order valence-electron chi connectivity index (χ2n) is 4.72. The second kappa shape index (κ2) is 4.71. The standard InChI is InChI=1S/C14H20N2/c1-10(2)15-7-6-12-9-16-14-8-11(3)4-5-13(12)14/h4-5,8-10,15-16H,6-7H2,1-3H3. The van der Waals surface area contributed by atoms with E-state index in [1.54, 1.807) is 0 Å². The Balaban J connectivity index is 2.13. The van der Waals surface area contributed by atoms with Crippen LogP contribution in [0, 0.1) is 6.92 Å². The van der Waals surface area contributed by atoms with Crippen LogP contribution in [0.15, 0.2) is 24.4 Å². The quantitative estimate of drug-likeness (QED) is 0.808. The fraction of sp³-hybridized carbons (Fsp3) is 0.429. The second-order valence-corrected chi connectivity index (χ2v) is 4.72. The number of aromatic nitrogens is 1. The number of fused-ring (bicyclic) bond motifs is 1. The molecule has 0 unspecified atom stereocenters. The van der Waals surface area contributed by atoms with Crippen LogP contribution in [0.4, 0.5) is 0 Å². The summed E-state index contributed by atoms with van der Waals surface area (Å²) in [6.45, 7) is 7.52. The first-order valence-corrected chi connectivity index (χ1v) is 5.97. The van der Waals surface area contributed by atoms with Crippen molar-refractivity contribution >= 4 is 10.9 Å². The normalized spacial score (nSPS) is 11.5. The number of rotatable bonds is 4. The van der Waals surface area contributed by atoms with Crippen molar-refractivity contribution in [1.82, 2.24) is 10.3 Å². The summed E-state index contributed by atoms with van der Waals surface area (Å²) in [6, 6.07) is 7.16. The zero-order valence-corrected chi connectivity index (χ0v) is 10.3.